The molecule has 1 aliphatic rings. The zero-order valence-electron chi connectivity index (χ0n) is 16.4. The molecule has 31 heavy (non-hydrogen) atoms. The number of aliphatic imine (C=N–C) groups is 1. The maximum absolute atomic E-state index is 12.7. The number of hydrogen-bond donors (Lipinski definition) is 2. The lowest BCUT2D eigenvalue weighted by atomic mass is 10.0. The number of nitro benzene ring substituents is 1. The van der Waals surface area contributed by atoms with E-state index in [0.29, 0.717) is 11.1 Å². The van der Waals surface area contributed by atoms with Crippen molar-refractivity contribution in [2.75, 3.05) is 20.3 Å². The van der Waals surface area contributed by atoms with Crippen LogP contribution >= 0.6 is 0 Å². The second-order valence-corrected chi connectivity index (χ2v) is 6.35. The Morgan fingerprint density at radius 2 is 1.94 bits per heavy atom. The molecular formula is C21H17N5O5. The fraction of sp³-hybridized carbons (Fsp3) is 0.143. The minimum atomic E-state index is -0.612. The Hall–Kier alpha value is -4.36. The molecule has 0 unspecified atom stereocenters. The maximum atomic E-state index is 12.7. The Morgan fingerprint density at radius 1 is 1.19 bits per heavy atom. The van der Waals surface area contributed by atoms with Crippen LogP contribution in [0.2, 0.25) is 0 Å². The van der Waals surface area contributed by atoms with Gasteiger partial charge < -0.3 is 15.4 Å². The molecule has 0 spiro atoms. The van der Waals surface area contributed by atoms with Gasteiger partial charge in [0.1, 0.15) is 17.5 Å². The van der Waals surface area contributed by atoms with Crippen LogP contribution in [-0.2, 0) is 9.53 Å². The Morgan fingerprint density at radius 3 is 2.61 bits per heavy atom. The van der Waals surface area contributed by atoms with E-state index >= 15 is 0 Å². The highest BCUT2D eigenvalue weighted by Gasteiger charge is 2.27. The van der Waals surface area contributed by atoms with Crippen LogP contribution in [0.15, 0.2) is 59.1 Å². The average molecular weight is 419 g/mol. The number of non-ortho nitro benzene ring substituents is 1. The third-order valence-corrected chi connectivity index (χ3v) is 4.38. The highest BCUT2D eigenvalue weighted by molar-refractivity contribution is 6.20. The summed E-state index contributed by atoms with van der Waals surface area (Å²) < 4.78 is 4.88. The van der Waals surface area contributed by atoms with Crippen LogP contribution < -0.4 is 10.6 Å². The number of carbonyl (C=O) groups excluding carboxylic acids is 2. The van der Waals surface area contributed by atoms with Crippen LogP contribution in [0.25, 0.3) is 5.70 Å². The molecule has 0 bridgehead atoms. The first kappa shape index (κ1) is 21.4. The van der Waals surface area contributed by atoms with Crippen molar-refractivity contribution in [2.24, 2.45) is 4.99 Å². The maximum Gasteiger partial charge on any atom is 0.270 e. The van der Waals surface area contributed by atoms with Gasteiger partial charge in [-0.25, -0.2) is 4.99 Å². The lowest BCUT2D eigenvalue weighted by molar-refractivity contribution is -0.384. The number of methoxy groups -OCH3 is 1. The quantitative estimate of drug-likeness (QED) is 0.240. The van der Waals surface area contributed by atoms with Gasteiger partial charge in [0.15, 0.2) is 0 Å². The van der Waals surface area contributed by atoms with E-state index in [9.17, 15) is 25.0 Å². The Balaban J connectivity index is 1.95. The van der Waals surface area contributed by atoms with E-state index in [0.717, 1.165) is 6.07 Å². The number of carbonyl (C=O) groups is 2. The van der Waals surface area contributed by atoms with Gasteiger partial charge in [-0.05, 0) is 6.07 Å². The van der Waals surface area contributed by atoms with Crippen molar-refractivity contribution in [3.8, 4) is 6.07 Å². The molecule has 0 radical (unpaired) electrons. The van der Waals surface area contributed by atoms with Gasteiger partial charge in [-0.15, -0.1) is 0 Å². The molecular weight excluding hydrogens is 402 g/mol. The van der Waals surface area contributed by atoms with Gasteiger partial charge in [-0.2, -0.15) is 5.26 Å². The van der Waals surface area contributed by atoms with E-state index in [4.69, 9.17) is 4.74 Å². The van der Waals surface area contributed by atoms with Gasteiger partial charge in [0, 0.05) is 42.5 Å². The first-order chi connectivity index (χ1) is 15.0. The fourth-order valence-electron chi connectivity index (χ4n) is 2.92. The van der Waals surface area contributed by atoms with E-state index in [1.165, 1.54) is 25.3 Å². The fourth-order valence-corrected chi connectivity index (χ4v) is 2.92. The molecule has 10 nitrogen and oxygen atoms in total. The van der Waals surface area contributed by atoms with Crippen molar-refractivity contribution in [2.45, 2.75) is 0 Å². The van der Waals surface area contributed by atoms with Gasteiger partial charge in [-0.1, -0.05) is 30.3 Å². The number of nitriles is 1. The Kier molecular flexibility index (Phi) is 6.49. The molecule has 2 amide bonds. The smallest absolute Gasteiger partial charge is 0.270 e. The molecule has 2 N–H and O–H groups in total. The molecule has 1 aliphatic heterocycles. The summed E-state index contributed by atoms with van der Waals surface area (Å²) in [6.45, 7) is 0.500. The first-order valence-corrected chi connectivity index (χ1v) is 9.12. The van der Waals surface area contributed by atoms with Crippen molar-refractivity contribution in [3.63, 3.8) is 0 Å². The van der Waals surface area contributed by atoms with E-state index in [1.54, 1.807) is 24.3 Å². The van der Waals surface area contributed by atoms with E-state index < -0.39 is 16.7 Å². The SMILES string of the molecule is COCCNC(=O)/C(C#N)=C1\N=C(NC(=O)c2cccc([N+](=O)[O-])c2)c2ccccc21. The normalized spacial score (nSPS) is 13.5. The van der Waals surface area contributed by atoms with Crippen LogP contribution in [0.5, 0.6) is 0 Å². The number of fused-ring (bicyclic) bond motifs is 1. The molecule has 0 aliphatic carbocycles. The number of nitrogens with zero attached hydrogens (tertiary/aromatic N) is 3. The topological polar surface area (TPSA) is 147 Å². The van der Waals surface area contributed by atoms with Crippen LogP contribution in [0.1, 0.15) is 21.5 Å². The number of benzene rings is 2. The molecule has 0 saturated heterocycles. The number of amidine groups is 1. The zero-order valence-corrected chi connectivity index (χ0v) is 16.4. The van der Waals surface area contributed by atoms with Crippen LogP contribution in [0, 0.1) is 21.4 Å². The predicted octanol–water partition coefficient (Wildman–Crippen LogP) is 1.78. The summed E-state index contributed by atoms with van der Waals surface area (Å²) in [5, 5.41) is 25.7. The highest BCUT2D eigenvalue weighted by atomic mass is 16.6. The minimum Gasteiger partial charge on any atom is -0.383 e. The Labute approximate surface area is 177 Å². The molecule has 3 rings (SSSR count). The predicted molar refractivity (Wildman–Crippen MR) is 111 cm³/mol. The van der Waals surface area contributed by atoms with Gasteiger partial charge in [-0.3, -0.25) is 19.7 Å². The molecule has 0 aromatic heterocycles. The van der Waals surface area contributed by atoms with Crippen molar-refractivity contribution < 1.29 is 19.2 Å². The molecule has 0 fully saturated rings. The molecule has 0 atom stereocenters. The second-order valence-electron chi connectivity index (χ2n) is 6.35. The van der Waals surface area contributed by atoms with E-state index in [-0.39, 0.29) is 41.5 Å². The van der Waals surface area contributed by atoms with Gasteiger partial charge in [0.05, 0.1) is 17.2 Å². The standard InChI is InChI=1S/C21H17N5O5/c1-31-10-9-23-21(28)17(12-22)18-15-7-2-3-8-16(15)19(24-18)25-20(27)13-5-4-6-14(11-13)26(29)30/h2-8,11H,9-10H2,1H3,(H,23,28)(H,24,25,27)/b18-17-. The van der Waals surface area contributed by atoms with Crippen LogP contribution in [-0.4, -0.2) is 42.8 Å². The molecule has 156 valence electrons. The summed E-state index contributed by atoms with van der Waals surface area (Å²) in [5.41, 5.74) is 0.806. The lowest BCUT2D eigenvalue weighted by Crippen LogP contribution is -2.30. The van der Waals surface area contributed by atoms with Gasteiger partial charge in [0.2, 0.25) is 0 Å². The largest absolute Gasteiger partial charge is 0.383 e. The summed E-state index contributed by atoms with van der Waals surface area (Å²) in [4.78, 5) is 39.8. The van der Waals surface area contributed by atoms with Crippen molar-refractivity contribution >= 4 is 29.0 Å². The number of ether oxygens (including phenoxy) is 1. The van der Waals surface area contributed by atoms with Crippen molar-refractivity contribution in [1.82, 2.24) is 10.6 Å². The number of nitrogens with one attached hydrogen (secondary N) is 2. The number of rotatable bonds is 6. The summed E-state index contributed by atoms with van der Waals surface area (Å²) >= 11 is 0. The third kappa shape index (κ3) is 4.63. The van der Waals surface area contributed by atoms with Crippen molar-refractivity contribution in [3.05, 3.63) is 80.9 Å². The molecule has 0 saturated carbocycles. The number of amides is 2. The molecule has 2 aromatic rings. The summed E-state index contributed by atoms with van der Waals surface area (Å²) in [5.74, 6) is -1.08. The van der Waals surface area contributed by atoms with Crippen LogP contribution in [0.3, 0.4) is 0 Å². The molecule has 10 heteroatoms. The lowest BCUT2D eigenvalue weighted by Gasteiger charge is -2.06. The van der Waals surface area contributed by atoms with Gasteiger partial charge >= 0.3 is 0 Å². The Bertz CT molecular complexity index is 1160. The van der Waals surface area contributed by atoms with Gasteiger partial charge in [0.25, 0.3) is 17.5 Å². The second kappa shape index (κ2) is 9.43. The number of nitro groups is 1. The third-order valence-electron chi connectivity index (χ3n) is 4.38. The molecule has 2 aromatic carbocycles. The van der Waals surface area contributed by atoms with Crippen LogP contribution in [0.4, 0.5) is 5.69 Å². The first-order valence-electron chi connectivity index (χ1n) is 9.12. The minimum absolute atomic E-state index is 0.0737. The summed E-state index contributed by atoms with van der Waals surface area (Å²) in [6, 6.07) is 13.9. The number of hydrogen-bond acceptors (Lipinski definition) is 7. The summed E-state index contributed by atoms with van der Waals surface area (Å²) in [6.07, 6.45) is 0. The zero-order chi connectivity index (χ0) is 22.4. The van der Waals surface area contributed by atoms with E-state index in [2.05, 4.69) is 15.6 Å². The van der Waals surface area contributed by atoms with Crippen molar-refractivity contribution in [1.29, 1.82) is 5.26 Å². The average Bonchev–Trinajstić information content (AvgIpc) is 3.13. The monoisotopic (exact) mass is 419 g/mol. The highest BCUT2D eigenvalue weighted by Crippen LogP contribution is 2.30. The van der Waals surface area contributed by atoms with E-state index in [1.807, 2.05) is 6.07 Å². The molecule has 1 heterocycles. The summed E-state index contributed by atoms with van der Waals surface area (Å²) in [7, 11) is 1.49.